The largest absolute Gasteiger partial charge is 0.466 e. The summed E-state index contributed by atoms with van der Waals surface area (Å²) in [6.45, 7) is 6.22. The van der Waals surface area contributed by atoms with E-state index in [1.807, 2.05) is 26.0 Å². The van der Waals surface area contributed by atoms with Gasteiger partial charge in [0.15, 0.2) is 0 Å². The van der Waals surface area contributed by atoms with Crippen molar-refractivity contribution in [1.82, 2.24) is 0 Å². The first kappa shape index (κ1) is 15.0. The number of nitrogens with two attached hydrogens (primary N) is 1. The summed E-state index contributed by atoms with van der Waals surface area (Å²) < 4.78 is 4.87. The summed E-state index contributed by atoms with van der Waals surface area (Å²) in [5.74, 6) is -0.215. The van der Waals surface area contributed by atoms with Crippen LogP contribution in [-0.2, 0) is 9.53 Å². The molecule has 3 nitrogen and oxygen atoms in total. The number of carbonyl (C=O) groups excluding carboxylic acids is 1. The lowest BCUT2D eigenvalue weighted by molar-refractivity contribution is -0.143. The van der Waals surface area contributed by atoms with Gasteiger partial charge < -0.3 is 10.5 Å². The van der Waals surface area contributed by atoms with Gasteiger partial charge in [0.25, 0.3) is 0 Å². The Balaban J connectivity index is 2.69. The first-order valence-corrected chi connectivity index (χ1v) is 6.51. The zero-order valence-electron chi connectivity index (χ0n) is 11.1. The van der Waals surface area contributed by atoms with Gasteiger partial charge in [-0.15, -0.1) is 0 Å². The number of aryl methyl sites for hydroxylation is 2. The van der Waals surface area contributed by atoms with Crippen molar-refractivity contribution in [3.63, 3.8) is 0 Å². The molecule has 0 saturated carbocycles. The Morgan fingerprint density at radius 2 is 2.00 bits per heavy atom. The van der Waals surface area contributed by atoms with Crippen LogP contribution in [0.3, 0.4) is 0 Å². The average Bonchev–Trinajstić information content (AvgIpc) is 2.31. The highest BCUT2D eigenvalue weighted by atomic mass is 35.5. The Morgan fingerprint density at radius 1 is 1.39 bits per heavy atom. The van der Waals surface area contributed by atoms with Crippen LogP contribution in [0.4, 0.5) is 0 Å². The number of ether oxygens (including phenoxy) is 1. The maximum Gasteiger partial charge on any atom is 0.305 e. The molecule has 100 valence electrons. The highest BCUT2D eigenvalue weighted by Crippen LogP contribution is 2.27. The minimum atomic E-state index is -0.235. The fourth-order valence-corrected chi connectivity index (χ4v) is 2.11. The average molecular weight is 270 g/mol. The second-order valence-electron chi connectivity index (χ2n) is 4.41. The molecule has 18 heavy (non-hydrogen) atoms. The Hall–Kier alpha value is -1.06. The summed E-state index contributed by atoms with van der Waals surface area (Å²) in [6.07, 6.45) is 0.860. The molecule has 4 heteroatoms. The van der Waals surface area contributed by atoms with Crippen LogP contribution in [-0.4, -0.2) is 12.6 Å². The molecule has 0 aliphatic rings. The molecular weight excluding hydrogens is 250 g/mol. The quantitative estimate of drug-likeness (QED) is 0.835. The first-order valence-electron chi connectivity index (χ1n) is 6.13. The van der Waals surface area contributed by atoms with Gasteiger partial charge in [0.2, 0.25) is 0 Å². The molecule has 1 unspecified atom stereocenters. The van der Waals surface area contributed by atoms with Crippen LogP contribution in [0.1, 0.15) is 42.5 Å². The van der Waals surface area contributed by atoms with E-state index in [1.165, 1.54) is 0 Å². The van der Waals surface area contributed by atoms with Gasteiger partial charge in [0.1, 0.15) is 0 Å². The smallest absolute Gasteiger partial charge is 0.305 e. The van der Waals surface area contributed by atoms with Crippen molar-refractivity contribution in [1.29, 1.82) is 0 Å². The predicted molar refractivity (Wildman–Crippen MR) is 73.7 cm³/mol. The SMILES string of the molecule is CCOC(=O)CCC(N)c1cc(C)c(C)cc1Cl. The lowest BCUT2D eigenvalue weighted by Gasteiger charge is -2.15. The van der Waals surface area contributed by atoms with Crippen molar-refractivity contribution < 1.29 is 9.53 Å². The van der Waals surface area contributed by atoms with Crippen molar-refractivity contribution in [3.05, 3.63) is 33.8 Å². The molecule has 1 atom stereocenters. The summed E-state index contributed by atoms with van der Waals surface area (Å²) >= 11 is 6.18. The third kappa shape index (κ3) is 4.00. The monoisotopic (exact) mass is 269 g/mol. The number of rotatable bonds is 5. The fraction of sp³-hybridized carbons (Fsp3) is 0.500. The minimum Gasteiger partial charge on any atom is -0.466 e. The van der Waals surface area contributed by atoms with Gasteiger partial charge >= 0.3 is 5.97 Å². The van der Waals surface area contributed by atoms with Crippen LogP contribution in [0.5, 0.6) is 0 Å². The third-order valence-corrected chi connectivity index (χ3v) is 3.30. The third-order valence-electron chi connectivity index (χ3n) is 2.98. The number of halogens is 1. The Labute approximate surface area is 113 Å². The Bertz CT molecular complexity index is 432. The standard InChI is InChI=1S/C14H20ClNO2/c1-4-18-14(17)6-5-13(16)11-7-9(2)10(3)8-12(11)15/h7-8,13H,4-6,16H2,1-3H3. The zero-order valence-corrected chi connectivity index (χ0v) is 11.9. The second kappa shape index (κ2) is 6.76. The zero-order chi connectivity index (χ0) is 13.7. The topological polar surface area (TPSA) is 52.3 Å². The molecule has 2 N–H and O–H groups in total. The van der Waals surface area contributed by atoms with E-state index in [2.05, 4.69) is 0 Å². The molecule has 0 aromatic heterocycles. The van der Waals surface area contributed by atoms with Gasteiger partial charge in [-0.2, -0.15) is 0 Å². The summed E-state index contributed by atoms with van der Waals surface area (Å²) in [5, 5.41) is 0.662. The number of hydrogen-bond acceptors (Lipinski definition) is 3. The molecule has 0 fully saturated rings. The molecule has 1 aromatic rings. The van der Waals surface area contributed by atoms with Gasteiger partial charge in [0, 0.05) is 17.5 Å². The van der Waals surface area contributed by atoms with Gasteiger partial charge in [-0.05, 0) is 49.9 Å². The number of benzene rings is 1. The summed E-state index contributed by atoms with van der Waals surface area (Å²) in [5.41, 5.74) is 9.25. The Kier molecular flexibility index (Phi) is 5.63. The Morgan fingerprint density at radius 3 is 2.61 bits per heavy atom. The highest BCUT2D eigenvalue weighted by molar-refractivity contribution is 6.31. The maximum absolute atomic E-state index is 11.3. The molecule has 1 rings (SSSR count). The number of carbonyl (C=O) groups is 1. The van der Waals surface area contributed by atoms with E-state index in [4.69, 9.17) is 22.1 Å². The van der Waals surface area contributed by atoms with E-state index in [1.54, 1.807) is 6.92 Å². The fourth-order valence-electron chi connectivity index (χ4n) is 1.75. The van der Waals surface area contributed by atoms with E-state index in [0.717, 1.165) is 16.7 Å². The summed E-state index contributed by atoms with van der Waals surface area (Å²) in [7, 11) is 0. The molecule has 0 spiro atoms. The van der Waals surface area contributed by atoms with Gasteiger partial charge in [0.05, 0.1) is 6.61 Å². The van der Waals surface area contributed by atoms with E-state index in [-0.39, 0.29) is 12.0 Å². The van der Waals surface area contributed by atoms with Crippen molar-refractivity contribution in [2.75, 3.05) is 6.61 Å². The number of hydrogen-bond donors (Lipinski definition) is 1. The molecule has 0 aliphatic heterocycles. The van der Waals surface area contributed by atoms with Crippen LogP contribution >= 0.6 is 11.6 Å². The normalized spacial score (nSPS) is 12.3. The van der Waals surface area contributed by atoms with E-state index in [9.17, 15) is 4.79 Å². The van der Waals surface area contributed by atoms with Crippen molar-refractivity contribution >= 4 is 17.6 Å². The summed E-state index contributed by atoms with van der Waals surface area (Å²) in [4.78, 5) is 11.3. The molecule has 0 radical (unpaired) electrons. The first-order chi connectivity index (χ1) is 8.45. The van der Waals surface area contributed by atoms with Crippen molar-refractivity contribution in [2.45, 2.75) is 39.7 Å². The van der Waals surface area contributed by atoms with Crippen LogP contribution in [0, 0.1) is 13.8 Å². The van der Waals surface area contributed by atoms with E-state index >= 15 is 0 Å². The maximum atomic E-state index is 11.3. The molecule has 1 aromatic carbocycles. The molecule has 0 heterocycles. The van der Waals surface area contributed by atoms with Gasteiger partial charge in [-0.1, -0.05) is 17.7 Å². The molecular formula is C14H20ClNO2. The lowest BCUT2D eigenvalue weighted by Crippen LogP contribution is -2.14. The van der Waals surface area contributed by atoms with Crippen LogP contribution in [0.15, 0.2) is 12.1 Å². The minimum absolute atomic E-state index is 0.215. The molecule has 0 aliphatic carbocycles. The van der Waals surface area contributed by atoms with Crippen molar-refractivity contribution in [3.8, 4) is 0 Å². The molecule has 0 saturated heterocycles. The molecule has 0 amide bonds. The van der Waals surface area contributed by atoms with Gasteiger partial charge in [-0.25, -0.2) is 0 Å². The predicted octanol–water partition coefficient (Wildman–Crippen LogP) is 3.30. The number of esters is 1. The van der Waals surface area contributed by atoms with Crippen LogP contribution in [0.2, 0.25) is 5.02 Å². The lowest BCUT2D eigenvalue weighted by atomic mass is 9.98. The van der Waals surface area contributed by atoms with Crippen molar-refractivity contribution in [2.24, 2.45) is 5.73 Å². The molecule has 0 bridgehead atoms. The summed E-state index contributed by atoms with van der Waals surface area (Å²) in [6, 6.07) is 3.67. The van der Waals surface area contributed by atoms with Gasteiger partial charge in [-0.3, -0.25) is 4.79 Å². The second-order valence-corrected chi connectivity index (χ2v) is 4.82. The highest BCUT2D eigenvalue weighted by Gasteiger charge is 2.14. The van der Waals surface area contributed by atoms with Crippen LogP contribution in [0.25, 0.3) is 0 Å². The van der Waals surface area contributed by atoms with E-state index < -0.39 is 0 Å². The van der Waals surface area contributed by atoms with E-state index in [0.29, 0.717) is 24.5 Å². The van der Waals surface area contributed by atoms with Crippen LogP contribution < -0.4 is 5.73 Å².